The molecule has 0 aromatic heterocycles. The first-order valence-electron chi connectivity index (χ1n) is 13.6. The lowest BCUT2D eigenvalue weighted by atomic mass is 9.95. The van der Waals surface area contributed by atoms with E-state index in [1.54, 1.807) is 0 Å². The molecule has 0 bridgehead atoms. The molecule has 1 aliphatic rings. The Labute approximate surface area is 244 Å². The highest BCUT2D eigenvalue weighted by molar-refractivity contribution is 5.77. The number of rotatable bonds is 14. The molecule has 42 heavy (non-hydrogen) atoms. The number of nitrogens with one attached hydrogen (secondary N) is 3. The second-order valence-corrected chi connectivity index (χ2v) is 9.64. The molecule has 0 aliphatic carbocycles. The number of amides is 3. The number of hydrogen-bond acceptors (Lipinski definition) is 11. The van der Waals surface area contributed by atoms with Gasteiger partial charge in [-0.2, -0.15) is 0 Å². The standard InChI is InChI=1S/C28H39N3O11/c1-17(32)30-24-26(41-20(4)35)25(40-19(3)34)22(16-38-18(2)33)42-27(24)31-23(36)13-9-6-10-14-29-28(37)39-15-21-11-7-5-8-12-21/h5,7-8,11-12,22,24-27H,6,9-10,13-16H2,1-4H3,(H,29,37)(H,30,32)(H,31,36)/t22-,24-,25+,26+,27+/m0/s1. The molecule has 2 rings (SSSR count). The third-order valence-corrected chi connectivity index (χ3v) is 5.98. The summed E-state index contributed by atoms with van der Waals surface area (Å²) in [6.07, 6.45) is -3.59. The number of hydrogen-bond donors (Lipinski definition) is 3. The Morgan fingerprint density at radius 3 is 2.07 bits per heavy atom. The molecule has 0 saturated carbocycles. The molecule has 5 atom stereocenters. The summed E-state index contributed by atoms with van der Waals surface area (Å²) in [4.78, 5) is 71.8. The maximum Gasteiger partial charge on any atom is 0.407 e. The fourth-order valence-electron chi connectivity index (χ4n) is 4.24. The third kappa shape index (κ3) is 12.5. The summed E-state index contributed by atoms with van der Waals surface area (Å²) in [5.41, 5.74) is 0.875. The lowest BCUT2D eigenvalue weighted by molar-refractivity contribution is -0.228. The number of esters is 3. The lowest BCUT2D eigenvalue weighted by Gasteiger charge is -2.45. The molecule has 0 unspecified atom stereocenters. The average molecular weight is 594 g/mol. The SMILES string of the molecule is CC(=O)N[C@H]1[C@@H](OC(C)=O)[C@H](OC(C)=O)[C@H](COC(C)=O)O[C@H]1NC(=O)CCCCCNC(=O)OCc1ccccc1. The number of unbranched alkanes of at least 4 members (excludes halogenated alkanes) is 2. The van der Waals surface area contributed by atoms with E-state index in [0.717, 1.165) is 19.4 Å². The van der Waals surface area contributed by atoms with Crippen LogP contribution in [0, 0.1) is 0 Å². The zero-order chi connectivity index (χ0) is 31.1. The molecule has 0 spiro atoms. The van der Waals surface area contributed by atoms with Gasteiger partial charge < -0.3 is 39.6 Å². The van der Waals surface area contributed by atoms with E-state index in [-0.39, 0.29) is 19.6 Å². The normalized spacial score (nSPS) is 21.3. The van der Waals surface area contributed by atoms with Crippen molar-refractivity contribution in [2.45, 2.75) is 90.6 Å². The molecule has 232 valence electrons. The van der Waals surface area contributed by atoms with E-state index in [1.165, 1.54) is 13.8 Å². The van der Waals surface area contributed by atoms with Crippen LogP contribution in [0.4, 0.5) is 4.79 Å². The molecule has 14 nitrogen and oxygen atoms in total. The minimum Gasteiger partial charge on any atom is -0.463 e. The monoisotopic (exact) mass is 593 g/mol. The summed E-state index contributed by atoms with van der Waals surface area (Å²) in [6, 6.07) is 8.16. The highest BCUT2D eigenvalue weighted by Gasteiger charge is 2.51. The summed E-state index contributed by atoms with van der Waals surface area (Å²) < 4.78 is 26.9. The van der Waals surface area contributed by atoms with Crippen LogP contribution in [-0.2, 0) is 54.3 Å². The van der Waals surface area contributed by atoms with Crippen molar-refractivity contribution in [1.82, 2.24) is 16.0 Å². The van der Waals surface area contributed by atoms with E-state index in [4.69, 9.17) is 23.7 Å². The van der Waals surface area contributed by atoms with Gasteiger partial charge in [-0.25, -0.2) is 4.79 Å². The van der Waals surface area contributed by atoms with Gasteiger partial charge in [0.05, 0.1) is 0 Å². The van der Waals surface area contributed by atoms with Crippen molar-refractivity contribution < 1.29 is 52.5 Å². The highest BCUT2D eigenvalue weighted by Crippen LogP contribution is 2.26. The van der Waals surface area contributed by atoms with Crippen molar-refractivity contribution in [3.8, 4) is 0 Å². The molecule has 14 heteroatoms. The molecular formula is C28H39N3O11. The Morgan fingerprint density at radius 2 is 1.45 bits per heavy atom. The third-order valence-electron chi connectivity index (χ3n) is 5.98. The number of benzene rings is 1. The fraction of sp³-hybridized carbons (Fsp3) is 0.571. The number of alkyl carbamates (subject to hydrolysis) is 1. The summed E-state index contributed by atoms with van der Waals surface area (Å²) in [6.45, 7) is 4.83. The van der Waals surface area contributed by atoms with Gasteiger partial charge in [0.25, 0.3) is 0 Å². The van der Waals surface area contributed by atoms with Crippen LogP contribution < -0.4 is 16.0 Å². The Bertz CT molecular complexity index is 1080. The second-order valence-electron chi connectivity index (χ2n) is 9.64. The van der Waals surface area contributed by atoms with Crippen LogP contribution in [0.3, 0.4) is 0 Å². The first-order chi connectivity index (χ1) is 20.0. The summed E-state index contributed by atoms with van der Waals surface area (Å²) in [5.74, 6) is -3.04. The topological polar surface area (TPSA) is 185 Å². The van der Waals surface area contributed by atoms with Gasteiger partial charge in [0.1, 0.15) is 25.4 Å². The number of ether oxygens (including phenoxy) is 5. The average Bonchev–Trinajstić information content (AvgIpc) is 2.91. The maximum atomic E-state index is 12.8. The van der Waals surface area contributed by atoms with Crippen molar-refractivity contribution in [2.75, 3.05) is 13.2 Å². The van der Waals surface area contributed by atoms with Gasteiger partial charge >= 0.3 is 24.0 Å². The molecule has 1 saturated heterocycles. The highest BCUT2D eigenvalue weighted by atomic mass is 16.6. The van der Waals surface area contributed by atoms with Gasteiger partial charge in [-0.05, 0) is 18.4 Å². The molecule has 3 amide bonds. The zero-order valence-electron chi connectivity index (χ0n) is 24.2. The van der Waals surface area contributed by atoms with E-state index in [1.807, 2.05) is 30.3 Å². The van der Waals surface area contributed by atoms with E-state index < -0.39 is 66.4 Å². The number of carbonyl (C=O) groups is 6. The maximum absolute atomic E-state index is 12.8. The first kappa shape index (κ1) is 34.0. The molecule has 1 aliphatic heterocycles. The number of carbonyl (C=O) groups excluding carboxylic acids is 6. The second kappa shape index (κ2) is 17.6. The van der Waals surface area contributed by atoms with E-state index in [0.29, 0.717) is 25.8 Å². The minimum atomic E-state index is -1.26. The van der Waals surface area contributed by atoms with E-state index >= 15 is 0 Å². The summed E-state index contributed by atoms with van der Waals surface area (Å²) in [5, 5.41) is 7.92. The smallest absolute Gasteiger partial charge is 0.407 e. The van der Waals surface area contributed by atoms with Crippen LogP contribution in [0.25, 0.3) is 0 Å². The Balaban J connectivity index is 1.93. The Hall–Kier alpha value is -4.20. The first-order valence-corrected chi connectivity index (χ1v) is 13.6. The van der Waals surface area contributed by atoms with Crippen LogP contribution in [-0.4, -0.2) is 79.5 Å². The van der Waals surface area contributed by atoms with E-state index in [9.17, 15) is 28.8 Å². The van der Waals surface area contributed by atoms with Crippen LogP contribution >= 0.6 is 0 Å². The Kier molecular flexibility index (Phi) is 14.2. The largest absolute Gasteiger partial charge is 0.463 e. The predicted molar refractivity (Wildman–Crippen MR) is 145 cm³/mol. The van der Waals surface area contributed by atoms with Crippen molar-refractivity contribution in [3.05, 3.63) is 35.9 Å². The predicted octanol–water partition coefficient (Wildman–Crippen LogP) is 1.25. The van der Waals surface area contributed by atoms with Gasteiger partial charge in [0.15, 0.2) is 18.4 Å². The van der Waals surface area contributed by atoms with Gasteiger partial charge in [-0.15, -0.1) is 0 Å². The van der Waals surface area contributed by atoms with Gasteiger partial charge in [-0.1, -0.05) is 36.8 Å². The van der Waals surface area contributed by atoms with Gasteiger partial charge in [0, 0.05) is 40.7 Å². The fourth-order valence-corrected chi connectivity index (χ4v) is 4.24. The Morgan fingerprint density at radius 1 is 0.786 bits per heavy atom. The molecular weight excluding hydrogens is 554 g/mol. The molecule has 1 heterocycles. The van der Waals surface area contributed by atoms with Crippen molar-refractivity contribution >= 4 is 35.8 Å². The molecule has 0 radical (unpaired) electrons. The van der Waals surface area contributed by atoms with Crippen molar-refractivity contribution in [2.24, 2.45) is 0 Å². The zero-order valence-corrected chi connectivity index (χ0v) is 24.2. The van der Waals surface area contributed by atoms with Gasteiger partial charge in [0.2, 0.25) is 11.8 Å². The van der Waals surface area contributed by atoms with Crippen molar-refractivity contribution in [1.29, 1.82) is 0 Å². The van der Waals surface area contributed by atoms with Gasteiger partial charge in [-0.3, -0.25) is 24.0 Å². The molecule has 3 N–H and O–H groups in total. The van der Waals surface area contributed by atoms with E-state index in [2.05, 4.69) is 16.0 Å². The van der Waals surface area contributed by atoms with Crippen molar-refractivity contribution in [3.63, 3.8) is 0 Å². The lowest BCUT2D eigenvalue weighted by Crippen LogP contribution is -2.69. The summed E-state index contributed by atoms with van der Waals surface area (Å²) >= 11 is 0. The quantitative estimate of drug-likeness (QED) is 0.160. The van der Waals surface area contributed by atoms with Crippen LogP contribution in [0.1, 0.15) is 58.9 Å². The van der Waals surface area contributed by atoms with Crippen LogP contribution in [0.5, 0.6) is 0 Å². The van der Waals surface area contributed by atoms with Crippen LogP contribution in [0.15, 0.2) is 30.3 Å². The molecule has 1 aromatic rings. The molecule has 1 aromatic carbocycles. The minimum absolute atomic E-state index is 0.0886. The van der Waals surface area contributed by atoms with Crippen LogP contribution in [0.2, 0.25) is 0 Å². The molecule has 1 fully saturated rings. The summed E-state index contributed by atoms with van der Waals surface area (Å²) in [7, 11) is 0.